The average molecular weight is 376 g/mol. The predicted molar refractivity (Wildman–Crippen MR) is 115 cm³/mol. The van der Waals surface area contributed by atoms with E-state index in [0.717, 1.165) is 48.7 Å². The summed E-state index contributed by atoms with van der Waals surface area (Å²) in [4.78, 5) is 7.27. The molecule has 0 amide bonds. The third-order valence-electron chi connectivity index (χ3n) is 6.29. The average Bonchev–Trinajstić information content (AvgIpc) is 3.18. The van der Waals surface area contributed by atoms with Crippen molar-refractivity contribution in [2.75, 3.05) is 31.1 Å². The van der Waals surface area contributed by atoms with Crippen molar-refractivity contribution in [2.24, 2.45) is 0 Å². The number of furan rings is 1. The fourth-order valence-corrected chi connectivity index (χ4v) is 4.85. The number of aromatic nitrogens is 1. The first kappa shape index (κ1) is 17.7. The molecule has 1 N–H and O–H groups in total. The highest BCUT2D eigenvalue weighted by Crippen LogP contribution is 2.39. The van der Waals surface area contributed by atoms with E-state index in [0.29, 0.717) is 5.92 Å². The number of fused-ring (bicyclic) bond motifs is 1. The van der Waals surface area contributed by atoms with Gasteiger partial charge in [-0.2, -0.15) is 0 Å². The standard InChI is InChI=1S/C24H29N3O/c1-17-15-22(27-13-5-2-6-14-27)24-21(26-17)16-23(28-24)20-8-4-3-7-19(20)18-9-11-25-12-10-18/h3-4,7-8,15-16,18,25H,2,5-6,9-14H2,1H3. The third kappa shape index (κ3) is 3.30. The highest BCUT2D eigenvalue weighted by Gasteiger charge is 2.22. The summed E-state index contributed by atoms with van der Waals surface area (Å²) in [5.41, 5.74) is 6.85. The molecule has 4 nitrogen and oxygen atoms in total. The molecule has 1 aromatic carbocycles. The van der Waals surface area contributed by atoms with Crippen LogP contribution in [0.3, 0.4) is 0 Å². The van der Waals surface area contributed by atoms with E-state index in [1.54, 1.807) is 0 Å². The van der Waals surface area contributed by atoms with Crippen molar-refractivity contribution in [3.05, 3.63) is 47.7 Å². The highest BCUT2D eigenvalue weighted by atomic mass is 16.3. The number of rotatable bonds is 3. The molecule has 146 valence electrons. The molecule has 2 fully saturated rings. The molecule has 5 rings (SSSR count). The maximum absolute atomic E-state index is 6.51. The Morgan fingerprint density at radius 1 is 1.04 bits per heavy atom. The number of hydrogen-bond acceptors (Lipinski definition) is 4. The number of anilines is 1. The van der Waals surface area contributed by atoms with Gasteiger partial charge in [0.15, 0.2) is 5.58 Å². The molecular formula is C24H29N3O. The first-order valence-electron chi connectivity index (χ1n) is 10.8. The van der Waals surface area contributed by atoms with E-state index in [4.69, 9.17) is 9.40 Å². The molecule has 4 heteroatoms. The van der Waals surface area contributed by atoms with Gasteiger partial charge in [0.25, 0.3) is 0 Å². The van der Waals surface area contributed by atoms with Crippen LogP contribution >= 0.6 is 0 Å². The number of pyridine rings is 1. The molecule has 0 radical (unpaired) electrons. The Balaban J connectivity index is 1.59. The summed E-state index contributed by atoms with van der Waals surface area (Å²) in [6.07, 6.45) is 6.22. The Morgan fingerprint density at radius 2 is 1.82 bits per heavy atom. The van der Waals surface area contributed by atoms with Crippen LogP contribution < -0.4 is 10.2 Å². The van der Waals surface area contributed by atoms with Gasteiger partial charge in [-0.15, -0.1) is 0 Å². The molecule has 2 aliphatic heterocycles. The van der Waals surface area contributed by atoms with Crippen LogP contribution in [-0.4, -0.2) is 31.2 Å². The van der Waals surface area contributed by atoms with E-state index in [2.05, 4.69) is 53.5 Å². The second-order valence-electron chi connectivity index (χ2n) is 8.27. The van der Waals surface area contributed by atoms with Crippen molar-refractivity contribution < 1.29 is 4.42 Å². The van der Waals surface area contributed by atoms with E-state index in [1.807, 2.05) is 0 Å². The van der Waals surface area contributed by atoms with Gasteiger partial charge in [0.05, 0.1) is 5.69 Å². The van der Waals surface area contributed by atoms with Crippen molar-refractivity contribution in [3.8, 4) is 11.3 Å². The lowest BCUT2D eigenvalue weighted by Crippen LogP contribution is -2.29. The van der Waals surface area contributed by atoms with Gasteiger partial charge in [0.2, 0.25) is 0 Å². The van der Waals surface area contributed by atoms with Crippen LogP contribution in [0.15, 0.2) is 40.8 Å². The Labute approximate surface area is 166 Å². The summed E-state index contributed by atoms with van der Waals surface area (Å²) >= 11 is 0. The Bertz CT molecular complexity index is 965. The van der Waals surface area contributed by atoms with Crippen LogP contribution in [-0.2, 0) is 0 Å². The van der Waals surface area contributed by atoms with Gasteiger partial charge in [-0.25, -0.2) is 4.98 Å². The van der Waals surface area contributed by atoms with Crippen LogP contribution in [0.1, 0.15) is 49.3 Å². The largest absolute Gasteiger partial charge is 0.452 e. The second kappa shape index (κ2) is 7.59. The van der Waals surface area contributed by atoms with Crippen molar-refractivity contribution in [3.63, 3.8) is 0 Å². The van der Waals surface area contributed by atoms with Crippen LogP contribution in [0.25, 0.3) is 22.4 Å². The second-order valence-corrected chi connectivity index (χ2v) is 8.27. The summed E-state index contributed by atoms with van der Waals surface area (Å²) in [7, 11) is 0. The minimum absolute atomic E-state index is 0.599. The molecule has 3 aromatic rings. The molecule has 2 saturated heterocycles. The number of aryl methyl sites for hydroxylation is 1. The van der Waals surface area contributed by atoms with Gasteiger partial charge in [-0.3, -0.25) is 0 Å². The van der Waals surface area contributed by atoms with E-state index in [9.17, 15) is 0 Å². The predicted octanol–water partition coefficient (Wildman–Crippen LogP) is 5.26. The number of nitrogens with zero attached hydrogens (tertiary/aromatic N) is 2. The molecule has 0 bridgehead atoms. The third-order valence-corrected chi connectivity index (χ3v) is 6.29. The molecule has 0 spiro atoms. The van der Waals surface area contributed by atoms with Crippen molar-refractivity contribution in [1.82, 2.24) is 10.3 Å². The topological polar surface area (TPSA) is 41.3 Å². The number of nitrogens with one attached hydrogen (secondary N) is 1. The molecule has 4 heterocycles. The summed E-state index contributed by atoms with van der Waals surface area (Å²) in [6.45, 7) is 6.50. The van der Waals surface area contributed by atoms with Gasteiger partial charge in [-0.05, 0) is 69.7 Å². The first-order valence-corrected chi connectivity index (χ1v) is 10.8. The highest BCUT2D eigenvalue weighted by molar-refractivity contribution is 5.90. The Hall–Kier alpha value is -2.33. The molecule has 0 atom stereocenters. The minimum atomic E-state index is 0.599. The zero-order chi connectivity index (χ0) is 18.9. The summed E-state index contributed by atoms with van der Waals surface area (Å²) < 4.78 is 6.51. The summed E-state index contributed by atoms with van der Waals surface area (Å²) in [5.74, 6) is 1.56. The van der Waals surface area contributed by atoms with Gasteiger partial charge < -0.3 is 14.6 Å². The van der Waals surface area contributed by atoms with E-state index < -0.39 is 0 Å². The van der Waals surface area contributed by atoms with Gasteiger partial charge in [-0.1, -0.05) is 24.3 Å². The van der Waals surface area contributed by atoms with Crippen molar-refractivity contribution in [1.29, 1.82) is 0 Å². The fourth-order valence-electron chi connectivity index (χ4n) is 4.85. The van der Waals surface area contributed by atoms with E-state index in [-0.39, 0.29) is 0 Å². The van der Waals surface area contributed by atoms with Crippen LogP contribution in [0.2, 0.25) is 0 Å². The summed E-state index contributed by atoms with van der Waals surface area (Å²) in [6, 6.07) is 13.1. The number of benzene rings is 1. The number of hydrogen-bond donors (Lipinski definition) is 1. The van der Waals surface area contributed by atoms with Gasteiger partial charge in [0.1, 0.15) is 11.3 Å². The van der Waals surface area contributed by atoms with Crippen molar-refractivity contribution >= 4 is 16.8 Å². The number of piperidine rings is 2. The van der Waals surface area contributed by atoms with Crippen LogP contribution in [0.5, 0.6) is 0 Å². The summed E-state index contributed by atoms with van der Waals surface area (Å²) in [5, 5.41) is 3.48. The SMILES string of the molecule is Cc1cc(N2CCCCC2)c2oc(-c3ccccc3C3CCNCC3)cc2n1. The quantitative estimate of drug-likeness (QED) is 0.678. The van der Waals surface area contributed by atoms with E-state index >= 15 is 0 Å². The zero-order valence-corrected chi connectivity index (χ0v) is 16.7. The molecule has 2 aromatic heterocycles. The van der Waals surface area contributed by atoms with Gasteiger partial charge in [0, 0.05) is 30.4 Å². The molecule has 2 aliphatic rings. The molecule has 0 saturated carbocycles. The monoisotopic (exact) mass is 375 g/mol. The molecule has 0 unspecified atom stereocenters. The Kier molecular flexibility index (Phi) is 4.81. The molecule has 0 aliphatic carbocycles. The van der Waals surface area contributed by atoms with Crippen molar-refractivity contribution in [2.45, 2.75) is 44.9 Å². The molecular weight excluding hydrogens is 346 g/mol. The lowest BCUT2D eigenvalue weighted by Gasteiger charge is -2.28. The van der Waals surface area contributed by atoms with Crippen LogP contribution in [0, 0.1) is 6.92 Å². The Morgan fingerprint density at radius 3 is 2.64 bits per heavy atom. The zero-order valence-electron chi connectivity index (χ0n) is 16.7. The first-order chi connectivity index (χ1) is 13.8. The van der Waals surface area contributed by atoms with Gasteiger partial charge >= 0.3 is 0 Å². The fraction of sp³-hybridized carbons (Fsp3) is 0.458. The van der Waals surface area contributed by atoms with E-state index in [1.165, 1.54) is 48.9 Å². The van der Waals surface area contributed by atoms with Crippen LogP contribution in [0.4, 0.5) is 5.69 Å². The maximum Gasteiger partial charge on any atom is 0.176 e. The minimum Gasteiger partial charge on any atom is -0.452 e. The smallest absolute Gasteiger partial charge is 0.176 e. The lowest BCUT2D eigenvalue weighted by molar-refractivity contribution is 0.460. The maximum atomic E-state index is 6.51. The lowest BCUT2D eigenvalue weighted by atomic mass is 9.86. The normalized spacial score (nSPS) is 18.7. The molecule has 28 heavy (non-hydrogen) atoms.